The summed E-state index contributed by atoms with van der Waals surface area (Å²) in [5.74, 6) is 0. The molecule has 3 nitrogen and oxygen atoms in total. The second kappa shape index (κ2) is 4.91. The molecule has 0 spiro atoms. The topological polar surface area (TPSA) is 42.4 Å². The van der Waals surface area contributed by atoms with E-state index in [1.807, 2.05) is 30.3 Å². The van der Waals surface area contributed by atoms with Crippen molar-refractivity contribution in [2.24, 2.45) is 0 Å². The van der Waals surface area contributed by atoms with Crippen LogP contribution in [0.1, 0.15) is 37.4 Å². The summed E-state index contributed by atoms with van der Waals surface area (Å²) in [4.78, 5) is 4.35. The third-order valence-corrected chi connectivity index (χ3v) is 4.33. The summed E-state index contributed by atoms with van der Waals surface area (Å²) >= 11 is 0. The number of aromatic nitrogens is 1. The van der Waals surface area contributed by atoms with E-state index in [9.17, 15) is 5.11 Å². The number of aliphatic hydroxyl groups is 1. The lowest BCUT2D eigenvalue weighted by Gasteiger charge is -2.33. The Bertz CT molecular complexity index is 570. The molecule has 3 rings (SSSR count). The van der Waals surface area contributed by atoms with Crippen molar-refractivity contribution in [2.75, 3.05) is 7.11 Å². The second-order valence-electron chi connectivity index (χ2n) is 5.30. The molecule has 3 heteroatoms. The van der Waals surface area contributed by atoms with Crippen molar-refractivity contribution in [1.82, 2.24) is 4.98 Å². The summed E-state index contributed by atoms with van der Waals surface area (Å²) in [6, 6.07) is 9.82. The van der Waals surface area contributed by atoms with Crippen LogP contribution in [0.15, 0.2) is 36.5 Å². The standard InChI is InChI=1S/C16H19NO2/c1-19-16(9-2-3-10-16)15(18)13-6-4-8-14-12(13)7-5-11-17-14/h4-8,11,15,18H,2-3,9-10H2,1H3. The van der Waals surface area contributed by atoms with E-state index in [-0.39, 0.29) is 0 Å². The Morgan fingerprint density at radius 2 is 2.00 bits per heavy atom. The lowest BCUT2D eigenvalue weighted by atomic mass is 9.87. The monoisotopic (exact) mass is 257 g/mol. The quantitative estimate of drug-likeness (QED) is 0.918. The van der Waals surface area contributed by atoms with Crippen LogP contribution in [0.2, 0.25) is 0 Å². The fourth-order valence-electron chi connectivity index (χ4n) is 3.21. The number of hydrogen-bond donors (Lipinski definition) is 1. The van der Waals surface area contributed by atoms with Gasteiger partial charge in [0.05, 0.1) is 11.1 Å². The number of ether oxygens (including phenoxy) is 1. The number of aliphatic hydroxyl groups excluding tert-OH is 1. The molecular formula is C16H19NO2. The maximum Gasteiger partial charge on any atom is 0.109 e. The Balaban J connectivity index is 2.08. The highest BCUT2D eigenvalue weighted by atomic mass is 16.5. The van der Waals surface area contributed by atoms with Crippen LogP contribution in [0.5, 0.6) is 0 Å². The predicted octanol–water partition coefficient (Wildman–Crippen LogP) is 3.23. The van der Waals surface area contributed by atoms with Crippen LogP contribution in [0.25, 0.3) is 10.9 Å². The summed E-state index contributed by atoms with van der Waals surface area (Å²) in [6.07, 6.45) is 5.26. The van der Waals surface area contributed by atoms with Crippen LogP contribution in [0.4, 0.5) is 0 Å². The molecule has 0 aliphatic heterocycles. The van der Waals surface area contributed by atoms with Gasteiger partial charge in [0.2, 0.25) is 0 Å². The number of benzene rings is 1. The molecule has 0 amide bonds. The average Bonchev–Trinajstić information content (AvgIpc) is 2.96. The van der Waals surface area contributed by atoms with E-state index in [1.165, 1.54) is 0 Å². The van der Waals surface area contributed by atoms with Crippen LogP contribution in [0, 0.1) is 0 Å². The highest BCUT2D eigenvalue weighted by molar-refractivity contribution is 5.82. The predicted molar refractivity (Wildman–Crippen MR) is 74.9 cm³/mol. The van der Waals surface area contributed by atoms with E-state index in [0.717, 1.165) is 42.1 Å². The zero-order valence-corrected chi connectivity index (χ0v) is 11.2. The summed E-state index contributed by atoms with van der Waals surface area (Å²) < 4.78 is 5.69. The van der Waals surface area contributed by atoms with Crippen molar-refractivity contribution in [2.45, 2.75) is 37.4 Å². The van der Waals surface area contributed by atoms with Gasteiger partial charge in [0, 0.05) is 18.7 Å². The van der Waals surface area contributed by atoms with Gasteiger partial charge in [0.1, 0.15) is 6.10 Å². The zero-order chi connectivity index (χ0) is 13.3. The maximum atomic E-state index is 10.8. The Labute approximate surface area is 113 Å². The lowest BCUT2D eigenvalue weighted by molar-refractivity contribution is -0.0995. The highest BCUT2D eigenvalue weighted by Crippen LogP contribution is 2.43. The molecule has 0 saturated heterocycles. The van der Waals surface area contributed by atoms with E-state index in [4.69, 9.17) is 4.74 Å². The number of pyridine rings is 1. The molecule has 0 radical (unpaired) electrons. The van der Waals surface area contributed by atoms with Crippen molar-refractivity contribution < 1.29 is 9.84 Å². The zero-order valence-electron chi connectivity index (χ0n) is 11.2. The minimum atomic E-state index is -0.590. The molecule has 1 unspecified atom stereocenters. The first-order chi connectivity index (χ1) is 9.27. The van der Waals surface area contributed by atoms with Gasteiger partial charge in [-0.1, -0.05) is 31.0 Å². The van der Waals surface area contributed by atoms with Gasteiger partial charge in [-0.3, -0.25) is 4.98 Å². The Kier molecular flexibility index (Phi) is 3.25. The van der Waals surface area contributed by atoms with Crippen LogP contribution in [-0.2, 0) is 4.74 Å². The number of methoxy groups -OCH3 is 1. The van der Waals surface area contributed by atoms with Crippen LogP contribution in [0.3, 0.4) is 0 Å². The van der Waals surface area contributed by atoms with E-state index in [1.54, 1.807) is 13.3 Å². The van der Waals surface area contributed by atoms with Gasteiger partial charge in [0.25, 0.3) is 0 Å². The molecule has 1 heterocycles. The first kappa shape index (κ1) is 12.6. The van der Waals surface area contributed by atoms with E-state index in [2.05, 4.69) is 4.98 Å². The van der Waals surface area contributed by atoms with Crippen LogP contribution < -0.4 is 0 Å². The van der Waals surface area contributed by atoms with Crippen molar-refractivity contribution in [3.63, 3.8) is 0 Å². The largest absolute Gasteiger partial charge is 0.385 e. The Morgan fingerprint density at radius 1 is 1.21 bits per heavy atom. The summed E-state index contributed by atoms with van der Waals surface area (Å²) in [5, 5.41) is 11.8. The van der Waals surface area contributed by atoms with Crippen molar-refractivity contribution in [1.29, 1.82) is 0 Å². The van der Waals surface area contributed by atoms with Gasteiger partial charge in [0.15, 0.2) is 0 Å². The van der Waals surface area contributed by atoms with Gasteiger partial charge in [-0.25, -0.2) is 0 Å². The van der Waals surface area contributed by atoms with Crippen molar-refractivity contribution >= 4 is 10.9 Å². The first-order valence-corrected chi connectivity index (χ1v) is 6.84. The minimum absolute atomic E-state index is 0.426. The SMILES string of the molecule is COC1(C(O)c2cccc3ncccc23)CCCC1. The van der Waals surface area contributed by atoms with Crippen molar-refractivity contribution in [3.05, 3.63) is 42.1 Å². The fourth-order valence-corrected chi connectivity index (χ4v) is 3.21. The van der Waals surface area contributed by atoms with Crippen LogP contribution in [-0.4, -0.2) is 22.8 Å². The smallest absolute Gasteiger partial charge is 0.109 e. The van der Waals surface area contributed by atoms with Crippen molar-refractivity contribution in [3.8, 4) is 0 Å². The number of rotatable bonds is 3. The molecule has 19 heavy (non-hydrogen) atoms. The molecule has 1 N–H and O–H groups in total. The molecule has 100 valence electrons. The van der Waals surface area contributed by atoms with Gasteiger partial charge < -0.3 is 9.84 Å². The van der Waals surface area contributed by atoms with Gasteiger partial charge in [-0.15, -0.1) is 0 Å². The van der Waals surface area contributed by atoms with E-state index in [0.29, 0.717) is 0 Å². The third kappa shape index (κ3) is 2.03. The molecule has 1 aromatic carbocycles. The summed E-state index contributed by atoms with van der Waals surface area (Å²) in [7, 11) is 1.71. The molecule has 2 aromatic rings. The molecule has 1 aromatic heterocycles. The number of fused-ring (bicyclic) bond motifs is 1. The molecule has 1 saturated carbocycles. The Hall–Kier alpha value is -1.45. The van der Waals surface area contributed by atoms with Gasteiger partial charge >= 0.3 is 0 Å². The molecule has 0 bridgehead atoms. The van der Waals surface area contributed by atoms with Gasteiger partial charge in [-0.05, 0) is 30.5 Å². The summed E-state index contributed by atoms with van der Waals surface area (Å²) in [5.41, 5.74) is 1.42. The maximum absolute atomic E-state index is 10.8. The first-order valence-electron chi connectivity index (χ1n) is 6.84. The average molecular weight is 257 g/mol. The van der Waals surface area contributed by atoms with Gasteiger partial charge in [-0.2, -0.15) is 0 Å². The molecule has 1 aliphatic rings. The summed E-state index contributed by atoms with van der Waals surface area (Å²) in [6.45, 7) is 0. The van der Waals surface area contributed by atoms with Crippen LogP contribution >= 0.6 is 0 Å². The number of hydrogen-bond acceptors (Lipinski definition) is 3. The molecule has 1 atom stereocenters. The van der Waals surface area contributed by atoms with E-state index >= 15 is 0 Å². The lowest BCUT2D eigenvalue weighted by Crippen LogP contribution is -2.35. The number of nitrogens with zero attached hydrogens (tertiary/aromatic N) is 1. The minimum Gasteiger partial charge on any atom is -0.385 e. The molecule has 1 aliphatic carbocycles. The third-order valence-electron chi connectivity index (χ3n) is 4.33. The Morgan fingerprint density at radius 3 is 2.74 bits per heavy atom. The normalized spacial score (nSPS) is 19.7. The van der Waals surface area contributed by atoms with E-state index < -0.39 is 11.7 Å². The fraction of sp³-hybridized carbons (Fsp3) is 0.438. The molecule has 1 fully saturated rings. The highest BCUT2D eigenvalue weighted by Gasteiger charge is 2.42. The second-order valence-corrected chi connectivity index (χ2v) is 5.30. The molecular weight excluding hydrogens is 238 g/mol.